The first-order valence-electron chi connectivity index (χ1n) is 5.80. The molecule has 3 N–H and O–H groups in total. The number of aromatic nitrogens is 1. The number of carboxylic acid groups (broad SMARTS) is 1. The number of H-pyrrole nitrogens is 1. The number of carboxylic acids is 1. The van der Waals surface area contributed by atoms with Crippen LogP contribution in [0.2, 0.25) is 0 Å². The van der Waals surface area contributed by atoms with Gasteiger partial charge in [-0.1, -0.05) is 18.2 Å². The molecule has 1 aromatic heterocycles. The molecule has 1 amide bonds. The number of hydrogen-bond acceptors (Lipinski definition) is 3. The Bertz CT molecular complexity index is 620. The van der Waals surface area contributed by atoms with Crippen molar-refractivity contribution in [2.75, 3.05) is 19.0 Å². The predicted octanol–water partition coefficient (Wildman–Crippen LogP) is 0.803. The van der Waals surface area contributed by atoms with Crippen LogP contribution in [0.1, 0.15) is 0 Å². The maximum atomic E-state index is 12.1. The Labute approximate surface area is 110 Å². The van der Waals surface area contributed by atoms with Crippen molar-refractivity contribution >= 4 is 28.5 Å². The second kappa shape index (κ2) is 5.11. The molecule has 0 radical (unpaired) electrons. The SMILES string of the molecule is CNC(C(=O)O)C(=O)N(C)c1c[nH]c2ccccc12. The number of likely N-dealkylation sites (N-methyl/N-ethyl adjacent to an activating group) is 2. The Morgan fingerprint density at radius 2 is 2.05 bits per heavy atom. The Balaban J connectivity index is 2.36. The smallest absolute Gasteiger partial charge is 0.330 e. The number of carbonyl (C=O) groups is 2. The summed E-state index contributed by atoms with van der Waals surface area (Å²) in [6.07, 6.45) is 1.69. The lowest BCUT2D eigenvalue weighted by Crippen LogP contribution is -2.48. The minimum absolute atomic E-state index is 0.514. The Kier molecular flexibility index (Phi) is 3.52. The molecule has 1 unspecified atom stereocenters. The summed E-state index contributed by atoms with van der Waals surface area (Å²) in [4.78, 5) is 27.5. The maximum absolute atomic E-state index is 12.1. The van der Waals surface area contributed by atoms with Gasteiger partial charge in [0.05, 0.1) is 5.69 Å². The number of aromatic amines is 1. The van der Waals surface area contributed by atoms with Crippen LogP contribution >= 0.6 is 0 Å². The fourth-order valence-electron chi connectivity index (χ4n) is 2.00. The quantitative estimate of drug-likeness (QED) is 0.711. The summed E-state index contributed by atoms with van der Waals surface area (Å²) in [7, 11) is 3.00. The standard InChI is InChI=1S/C13H15N3O3/c1-14-11(13(18)19)12(17)16(2)10-7-15-9-6-4-3-5-8(9)10/h3-7,11,14-15H,1-2H3,(H,18,19). The molecule has 0 bridgehead atoms. The lowest BCUT2D eigenvalue weighted by molar-refractivity contribution is -0.143. The third-order valence-corrected chi connectivity index (χ3v) is 3.04. The number of nitrogens with zero attached hydrogens (tertiary/aromatic N) is 1. The number of hydrogen-bond donors (Lipinski definition) is 3. The zero-order chi connectivity index (χ0) is 14.0. The molecule has 1 aromatic carbocycles. The van der Waals surface area contributed by atoms with Gasteiger partial charge in [0, 0.05) is 24.1 Å². The van der Waals surface area contributed by atoms with Gasteiger partial charge in [-0.2, -0.15) is 0 Å². The first-order chi connectivity index (χ1) is 9.06. The monoisotopic (exact) mass is 261 g/mol. The van der Waals surface area contributed by atoms with E-state index in [9.17, 15) is 9.59 Å². The molecule has 6 heteroatoms. The number of amides is 1. The number of anilines is 1. The predicted molar refractivity (Wildman–Crippen MR) is 72.2 cm³/mol. The zero-order valence-corrected chi connectivity index (χ0v) is 10.7. The highest BCUT2D eigenvalue weighted by Crippen LogP contribution is 2.25. The van der Waals surface area contributed by atoms with Crippen molar-refractivity contribution in [2.45, 2.75) is 6.04 Å². The lowest BCUT2D eigenvalue weighted by Gasteiger charge is -2.20. The van der Waals surface area contributed by atoms with Crippen LogP contribution in [0.5, 0.6) is 0 Å². The zero-order valence-electron chi connectivity index (χ0n) is 10.7. The summed E-state index contributed by atoms with van der Waals surface area (Å²) < 4.78 is 0. The molecule has 0 spiro atoms. The first kappa shape index (κ1) is 13.1. The van der Waals surface area contributed by atoms with E-state index in [0.29, 0.717) is 5.69 Å². The minimum Gasteiger partial charge on any atom is -0.480 e. The molecule has 100 valence electrons. The number of carbonyl (C=O) groups excluding carboxylic acids is 1. The van der Waals surface area contributed by atoms with E-state index in [1.807, 2.05) is 24.3 Å². The van der Waals surface area contributed by atoms with Crippen LogP contribution in [0.15, 0.2) is 30.5 Å². The number of rotatable bonds is 4. The summed E-state index contributed by atoms with van der Waals surface area (Å²) in [5, 5.41) is 12.4. The molecule has 1 atom stereocenters. The number of nitrogens with one attached hydrogen (secondary N) is 2. The van der Waals surface area contributed by atoms with Crippen molar-refractivity contribution in [1.82, 2.24) is 10.3 Å². The lowest BCUT2D eigenvalue weighted by atomic mass is 10.2. The van der Waals surface area contributed by atoms with E-state index < -0.39 is 17.9 Å². The van der Waals surface area contributed by atoms with Crippen LogP contribution in [0.3, 0.4) is 0 Å². The van der Waals surface area contributed by atoms with Gasteiger partial charge in [0.2, 0.25) is 0 Å². The summed E-state index contributed by atoms with van der Waals surface area (Å²) in [6, 6.07) is 6.27. The van der Waals surface area contributed by atoms with Gasteiger partial charge in [-0.25, -0.2) is 4.79 Å². The van der Waals surface area contributed by atoms with E-state index in [2.05, 4.69) is 10.3 Å². The molecule has 19 heavy (non-hydrogen) atoms. The highest BCUT2D eigenvalue weighted by Gasteiger charge is 2.28. The fraction of sp³-hybridized carbons (Fsp3) is 0.231. The fourth-order valence-corrected chi connectivity index (χ4v) is 2.00. The molecular formula is C13H15N3O3. The molecule has 0 aliphatic heterocycles. The Morgan fingerprint density at radius 1 is 1.37 bits per heavy atom. The van der Waals surface area contributed by atoms with Gasteiger partial charge < -0.3 is 15.0 Å². The second-order valence-electron chi connectivity index (χ2n) is 4.18. The second-order valence-corrected chi connectivity index (χ2v) is 4.18. The van der Waals surface area contributed by atoms with Gasteiger partial charge in [-0.3, -0.25) is 10.1 Å². The van der Waals surface area contributed by atoms with Crippen molar-refractivity contribution in [2.24, 2.45) is 0 Å². The van der Waals surface area contributed by atoms with E-state index in [1.54, 1.807) is 13.2 Å². The van der Waals surface area contributed by atoms with Crippen LogP contribution in [0.25, 0.3) is 10.9 Å². The third kappa shape index (κ3) is 2.30. The molecule has 1 heterocycles. The summed E-state index contributed by atoms with van der Waals surface area (Å²) in [5.74, 6) is -1.71. The van der Waals surface area contributed by atoms with Crippen LogP contribution < -0.4 is 10.2 Å². The Hall–Kier alpha value is -2.34. The average Bonchev–Trinajstić information content (AvgIpc) is 2.82. The first-order valence-corrected chi connectivity index (χ1v) is 5.80. The van der Waals surface area contributed by atoms with Gasteiger partial charge >= 0.3 is 5.97 Å². The van der Waals surface area contributed by atoms with E-state index in [4.69, 9.17) is 5.11 Å². The van der Waals surface area contributed by atoms with Crippen LogP contribution in [-0.4, -0.2) is 42.1 Å². The largest absolute Gasteiger partial charge is 0.480 e. The van der Waals surface area contributed by atoms with Gasteiger partial charge in [0.25, 0.3) is 5.91 Å². The maximum Gasteiger partial charge on any atom is 0.330 e. The van der Waals surface area contributed by atoms with Gasteiger partial charge in [-0.05, 0) is 13.1 Å². The average molecular weight is 261 g/mol. The van der Waals surface area contributed by atoms with E-state index in [1.165, 1.54) is 11.9 Å². The van der Waals surface area contributed by atoms with Crippen LogP contribution in [0, 0.1) is 0 Å². The molecule has 2 rings (SSSR count). The summed E-state index contributed by atoms with van der Waals surface area (Å²) in [6.45, 7) is 0. The summed E-state index contributed by atoms with van der Waals surface area (Å²) >= 11 is 0. The van der Waals surface area contributed by atoms with Crippen molar-refractivity contribution in [3.8, 4) is 0 Å². The number of para-hydroxylation sites is 1. The van der Waals surface area contributed by atoms with Crippen molar-refractivity contribution in [3.63, 3.8) is 0 Å². The van der Waals surface area contributed by atoms with Crippen molar-refractivity contribution < 1.29 is 14.7 Å². The number of benzene rings is 1. The van der Waals surface area contributed by atoms with Gasteiger partial charge in [0.15, 0.2) is 6.04 Å². The van der Waals surface area contributed by atoms with Crippen molar-refractivity contribution in [3.05, 3.63) is 30.5 Å². The summed E-state index contributed by atoms with van der Waals surface area (Å²) in [5.41, 5.74) is 1.55. The molecule has 0 aliphatic carbocycles. The highest BCUT2D eigenvalue weighted by molar-refractivity contribution is 6.12. The molecule has 0 saturated heterocycles. The molecule has 0 saturated carbocycles. The normalized spacial score (nSPS) is 12.3. The van der Waals surface area contributed by atoms with E-state index >= 15 is 0 Å². The highest BCUT2D eigenvalue weighted by atomic mass is 16.4. The molecule has 0 fully saturated rings. The van der Waals surface area contributed by atoms with E-state index in [-0.39, 0.29) is 0 Å². The van der Waals surface area contributed by atoms with Crippen LogP contribution in [0.4, 0.5) is 5.69 Å². The third-order valence-electron chi connectivity index (χ3n) is 3.04. The Morgan fingerprint density at radius 3 is 2.68 bits per heavy atom. The van der Waals surface area contributed by atoms with Crippen molar-refractivity contribution in [1.29, 1.82) is 0 Å². The number of fused-ring (bicyclic) bond motifs is 1. The topological polar surface area (TPSA) is 85.4 Å². The molecule has 6 nitrogen and oxygen atoms in total. The molecule has 0 aliphatic rings. The van der Waals surface area contributed by atoms with Crippen LogP contribution in [-0.2, 0) is 9.59 Å². The van der Waals surface area contributed by atoms with Gasteiger partial charge in [0.1, 0.15) is 0 Å². The minimum atomic E-state index is -1.25. The van der Waals surface area contributed by atoms with Gasteiger partial charge in [-0.15, -0.1) is 0 Å². The molecule has 2 aromatic rings. The van der Waals surface area contributed by atoms with E-state index in [0.717, 1.165) is 10.9 Å². The number of aliphatic carboxylic acids is 1. The molecular weight excluding hydrogens is 246 g/mol.